The second-order valence-electron chi connectivity index (χ2n) is 13.8. The lowest BCUT2D eigenvalue weighted by Crippen LogP contribution is -2.03. The first-order valence-electron chi connectivity index (χ1n) is 17.8. The highest BCUT2D eigenvalue weighted by atomic mass is 15.2. The van der Waals surface area contributed by atoms with E-state index in [1.807, 2.05) is 0 Å². The third-order valence-electron chi connectivity index (χ3n) is 11.0. The van der Waals surface area contributed by atoms with E-state index < -0.39 is 0 Å². The van der Waals surface area contributed by atoms with Crippen LogP contribution in [0, 0.1) is 0 Å². The first kappa shape index (κ1) is 27.7. The highest BCUT2D eigenvalue weighted by molar-refractivity contribution is 6.39. The summed E-state index contributed by atoms with van der Waals surface area (Å²) in [7, 11) is 0. The number of nitrogens with zero attached hydrogens (tertiary/aromatic N) is 4. The molecule has 0 aliphatic carbocycles. The molecule has 4 heteroatoms. The van der Waals surface area contributed by atoms with Crippen molar-refractivity contribution in [3.8, 4) is 22.9 Å². The Bertz CT molecular complexity index is 3400. The summed E-state index contributed by atoms with van der Waals surface area (Å²) in [5.74, 6) is 0.668. The summed E-state index contributed by atoms with van der Waals surface area (Å²) in [6, 6.07) is 61.1. The Hall–Kier alpha value is -7.04. The minimum absolute atomic E-state index is 0.668. The van der Waals surface area contributed by atoms with Crippen LogP contribution in [0.15, 0.2) is 170 Å². The van der Waals surface area contributed by atoms with Crippen molar-refractivity contribution in [3.05, 3.63) is 170 Å². The molecule has 4 nitrogen and oxygen atoms in total. The zero-order valence-corrected chi connectivity index (χ0v) is 28.0. The second-order valence-corrected chi connectivity index (χ2v) is 13.8. The minimum atomic E-state index is 0.668. The van der Waals surface area contributed by atoms with E-state index in [2.05, 4.69) is 179 Å². The van der Waals surface area contributed by atoms with Gasteiger partial charge in [-0.1, -0.05) is 127 Å². The maximum Gasteiger partial charge on any atom is 0.235 e. The van der Waals surface area contributed by atoms with Crippen LogP contribution in [0.4, 0.5) is 0 Å². The van der Waals surface area contributed by atoms with Crippen LogP contribution in [-0.4, -0.2) is 19.1 Å². The van der Waals surface area contributed by atoms with Crippen LogP contribution in [0.5, 0.6) is 0 Å². The van der Waals surface area contributed by atoms with Crippen molar-refractivity contribution in [3.63, 3.8) is 0 Å². The fourth-order valence-electron chi connectivity index (χ4n) is 8.89. The van der Waals surface area contributed by atoms with E-state index in [1.54, 1.807) is 0 Å². The van der Waals surface area contributed by atoms with Gasteiger partial charge in [0.25, 0.3) is 0 Å². The number of rotatable bonds is 3. The Labute approximate surface area is 297 Å². The molecular formula is C48H28N4. The van der Waals surface area contributed by atoms with E-state index in [-0.39, 0.29) is 0 Å². The smallest absolute Gasteiger partial charge is 0.235 e. The van der Waals surface area contributed by atoms with Crippen LogP contribution in [-0.2, 0) is 0 Å². The van der Waals surface area contributed by atoms with E-state index in [1.165, 1.54) is 59.4 Å². The lowest BCUT2D eigenvalue weighted by molar-refractivity contribution is 1.01. The topological polar surface area (TPSA) is 35.6 Å². The van der Waals surface area contributed by atoms with E-state index in [9.17, 15) is 0 Å². The van der Waals surface area contributed by atoms with Crippen LogP contribution in [0.25, 0.3) is 110 Å². The van der Waals surface area contributed by atoms with Crippen molar-refractivity contribution in [2.45, 2.75) is 0 Å². The standard InChI is InChI=1S/C48H28N4/c1-2-14-31(15-3-1)51-40-23-11-9-18-34(40)35-26-25-30(28-42(35)51)47-38-20-8-10-22-39(38)49-48(50-47)52-41-24-12-21-37-33-17-6-7-19-36(33)44-32-16-5-4-13-29(32)27-43(52)46(44)45(37)41/h1-28H. The Morgan fingerprint density at radius 1 is 0.346 bits per heavy atom. The maximum absolute atomic E-state index is 5.53. The number of para-hydroxylation sites is 3. The van der Waals surface area contributed by atoms with E-state index in [4.69, 9.17) is 9.97 Å². The van der Waals surface area contributed by atoms with E-state index in [0.29, 0.717) is 5.95 Å². The zero-order chi connectivity index (χ0) is 33.9. The molecule has 0 unspecified atom stereocenters. The summed E-state index contributed by atoms with van der Waals surface area (Å²) >= 11 is 0. The molecule has 0 amide bonds. The van der Waals surface area contributed by atoms with Crippen LogP contribution >= 0.6 is 0 Å². The van der Waals surface area contributed by atoms with Gasteiger partial charge in [0, 0.05) is 43.6 Å². The van der Waals surface area contributed by atoms with Gasteiger partial charge in [0.05, 0.1) is 33.3 Å². The third-order valence-corrected chi connectivity index (χ3v) is 11.0. The van der Waals surface area contributed by atoms with Crippen molar-refractivity contribution in [2.75, 3.05) is 0 Å². The van der Waals surface area contributed by atoms with Gasteiger partial charge >= 0.3 is 0 Å². The summed E-state index contributed by atoms with van der Waals surface area (Å²) < 4.78 is 4.66. The van der Waals surface area contributed by atoms with Crippen LogP contribution in [0.3, 0.4) is 0 Å². The number of fused-ring (bicyclic) bond motifs is 9. The number of benzene rings is 9. The van der Waals surface area contributed by atoms with E-state index >= 15 is 0 Å². The predicted octanol–water partition coefficient (Wildman–Crippen LogP) is 12.4. The molecule has 0 radical (unpaired) electrons. The molecule has 0 aliphatic rings. The molecule has 12 rings (SSSR count). The first-order chi connectivity index (χ1) is 25.8. The number of aromatic nitrogens is 4. The monoisotopic (exact) mass is 660 g/mol. The molecule has 52 heavy (non-hydrogen) atoms. The molecule has 0 aliphatic heterocycles. The first-order valence-corrected chi connectivity index (χ1v) is 17.8. The largest absolute Gasteiger partial charge is 0.309 e. The molecule has 0 bridgehead atoms. The van der Waals surface area contributed by atoms with Gasteiger partial charge in [-0.3, -0.25) is 4.57 Å². The summed E-state index contributed by atoms with van der Waals surface area (Å²) in [4.78, 5) is 10.9. The van der Waals surface area contributed by atoms with Gasteiger partial charge in [0.2, 0.25) is 5.95 Å². The summed E-state index contributed by atoms with van der Waals surface area (Å²) in [5, 5.41) is 13.5. The summed E-state index contributed by atoms with van der Waals surface area (Å²) in [6.45, 7) is 0. The Morgan fingerprint density at radius 2 is 1.00 bits per heavy atom. The molecule has 0 fully saturated rings. The fourth-order valence-corrected chi connectivity index (χ4v) is 8.89. The molecular weight excluding hydrogens is 633 g/mol. The highest BCUT2D eigenvalue weighted by Gasteiger charge is 2.24. The quantitative estimate of drug-likeness (QED) is 0.177. The molecule has 240 valence electrons. The molecule has 0 spiro atoms. The predicted molar refractivity (Wildman–Crippen MR) is 217 cm³/mol. The van der Waals surface area contributed by atoms with Crippen molar-refractivity contribution >= 4 is 86.8 Å². The lowest BCUT2D eigenvalue weighted by Gasteiger charge is -2.13. The molecule has 0 saturated carbocycles. The average molecular weight is 661 g/mol. The second kappa shape index (κ2) is 10.3. The van der Waals surface area contributed by atoms with Crippen LogP contribution < -0.4 is 0 Å². The van der Waals surface area contributed by atoms with Crippen molar-refractivity contribution in [2.24, 2.45) is 0 Å². The minimum Gasteiger partial charge on any atom is -0.309 e. The van der Waals surface area contributed by atoms with Gasteiger partial charge in [-0.25, -0.2) is 9.97 Å². The maximum atomic E-state index is 5.53. The Kier molecular flexibility index (Phi) is 5.47. The Morgan fingerprint density at radius 3 is 1.88 bits per heavy atom. The molecule has 0 atom stereocenters. The van der Waals surface area contributed by atoms with Gasteiger partial charge in [0.1, 0.15) is 0 Å². The molecule has 9 aromatic carbocycles. The number of hydrogen-bond donors (Lipinski definition) is 0. The zero-order valence-electron chi connectivity index (χ0n) is 28.0. The SMILES string of the molecule is c1ccc(-n2c3ccccc3c3ccc(-c4nc(-n5c6cccc7c8ccccc8c8c9ccccc9cc5c8c76)nc5ccccc45)cc32)cc1. The summed E-state index contributed by atoms with van der Waals surface area (Å²) in [5.41, 5.74) is 8.58. The van der Waals surface area contributed by atoms with Gasteiger partial charge in [-0.15, -0.1) is 0 Å². The van der Waals surface area contributed by atoms with Crippen molar-refractivity contribution in [1.29, 1.82) is 0 Å². The summed E-state index contributed by atoms with van der Waals surface area (Å²) in [6.07, 6.45) is 0. The Balaban J connectivity index is 1.20. The third kappa shape index (κ3) is 3.65. The average Bonchev–Trinajstić information content (AvgIpc) is 3.72. The fraction of sp³-hybridized carbons (Fsp3) is 0. The highest BCUT2D eigenvalue weighted by Crippen LogP contribution is 2.46. The van der Waals surface area contributed by atoms with Gasteiger partial charge in [-0.05, 0) is 69.4 Å². The molecule has 0 saturated heterocycles. The molecule has 3 aromatic heterocycles. The molecule has 12 aromatic rings. The molecule has 3 heterocycles. The normalized spacial score (nSPS) is 12.2. The van der Waals surface area contributed by atoms with Crippen molar-refractivity contribution < 1.29 is 0 Å². The van der Waals surface area contributed by atoms with Crippen LogP contribution in [0.1, 0.15) is 0 Å². The van der Waals surface area contributed by atoms with Crippen molar-refractivity contribution in [1.82, 2.24) is 19.1 Å². The number of hydrogen-bond acceptors (Lipinski definition) is 2. The van der Waals surface area contributed by atoms with Gasteiger partial charge < -0.3 is 4.57 Å². The molecule has 0 N–H and O–H groups in total. The van der Waals surface area contributed by atoms with Gasteiger partial charge in [-0.2, -0.15) is 0 Å². The van der Waals surface area contributed by atoms with E-state index in [0.717, 1.165) is 44.4 Å². The van der Waals surface area contributed by atoms with Crippen LogP contribution in [0.2, 0.25) is 0 Å². The van der Waals surface area contributed by atoms with Gasteiger partial charge in [0.15, 0.2) is 0 Å². The lowest BCUT2D eigenvalue weighted by atomic mass is 9.91.